The second-order valence-corrected chi connectivity index (χ2v) is 9.10. The Balaban J connectivity index is 1.46. The molecule has 11 heteroatoms. The normalized spacial score (nSPS) is 12.9. The molecule has 0 fully saturated rings. The lowest BCUT2D eigenvalue weighted by Crippen LogP contribution is -2.26. The number of hydrogen-bond donors (Lipinski definition) is 1. The monoisotopic (exact) mass is 493 g/mol. The smallest absolute Gasteiger partial charge is 0.406 e. The van der Waals surface area contributed by atoms with Gasteiger partial charge in [0, 0.05) is 17.9 Å². The SMILES string of the molecule is O=C(CSc1nc2c(c(=O)n1Cc1ccccc1)SCC2)Nc1ccc(OC(F)(F)F)cc1. The highest BCUT2D eigenvalue weighted by atomic mass is 32.2. The number of anilines is 1. The molecule has 172 valence electrons. The molecule has 0 unspecified atom stereocenters. The summed E-state index contributed by atoms with van der Waals surface area (Å²) in [7, 11) is 0. The highest BCUT2D eigenvalue weighted by Crippen LogP contribution is 2.29. The van der Waals surface area contributed by atoms with Crippen molar-refractivity contribution in [3.8, 4) is 5.75 Å². The summed E-state index contributed by atoms with van der Waals surface area (Å²) >= 11 is 2.64. The van der Waals surface area contributed by atoms with Gasteiger partial charge in [-0.25, -0.2) is 4.98 Å². The number of fused-ring (bicyclic) bond motifs is 1. The molecule has 1 N–H and O–H groups in total. The highest BCUT2D eigenvalue weighted by molar-refractivity contribution is 8.00. The Kier molecular flexibility index (Phi) is 6.99. The van der Waals surface area contributed by atoms with Crippen LogP contribution in [0.2, 0.25) is 0 Å². The summed E-state index contributed by atoms with van der Waals surface area (Å²) in [6.45, 7) is 0.338. The molecule has 2 aromatic carbocycles. The molecule has 0 saturated heterocycles. The van der Waals surface area contributed by atoms with Gasteiger partial charge in [0.15, 0.2) is 5.16 Å². The van der Waals surface area contributed by atoms with Crippen LogP contribution in [0.3, 0.4) is 0 Å². The maximum absolute atomic E-state index is 13.0. The minimum atomic E-state index is -4.78. The standard InChI is InChI=1S/C22H18F3N3O3S2/c23-22(24,25)31-16-8-6-15(7-9-16)26-18(29)13-33-21-27-17-10-11-32-19(17)20(30)28(21)12-14-4-2-1-3-5-14/h1-9H,10-13H2,(H,26,29). The van der Waals surface area contributed by atoms with Gasteiger partial charge in [-0.1, -0.05) is 42.1 Å². The Bertz CT molecular complexity index is 1200. The Morgan fingerprint density at radius 3 is 2.58 bits per heavy atom. The van der Waals surface area contributed by atoms with Crippen molar-refractivity contribution >= 4 is 35.1 Å². The van der Waals surface area contributed by atoms with Crippen molar-refractivity contribution in [2.24, 2.45) is 0 Å². The predicted octanol–water partition coefficient (Wildman–Crippen LogP) is 4.57. The van der Waals surface area contributed by atoms with E-state index in [1.807, 2.05) is 30.3 Å². The molecule has 1 aliphatic heterocycles. The van der Waals surface area contributed by atoms with E-state index in [0.717, 1.165) is 40.9 Å². The number of benzene rings is 2. The number of ether oxygens (including phenoxy) is 1. The van der Waals surface area contributed by atoms with Crippen molar-refractivity contribution in [2.45, 2.75) is 29.4 Å². The second kappa shape index (κ2) is 9.92. The fourth-order valence-electron chi connectivity index (χ4n) is 3.21. The highest BCUT2D eigenvalue weighted by Gasteiger charge is 2.31. The minimum Gasteiger partial charge on any atom is -0.406 e. The fourth-order valence-corrected chi connectivity index (χ4v) is 5.06. The van der Waals surface area contributed by atoms with Gasteiger partial charge in [-0.2, -0.15) is 0 Å². The number of alkyl halides is 3. The van der Waals surface area contributed by atoms with Crippen LogP contribution in [0.25, 0.3) is 0 Å². The molecule has 2 heterocycles. The number of nitrogens with zero attached hydrogens (tertiary/aromatic N) is 2. The van der Waals surface area contributed by atoms with E-state index in [9.17, 15) is 22.8 Å². The zero-order valence-electron chi connectivity index (χ0n) is 17.1. The van der Waals surface area contributed by atoms with Gasteiger partial charge >= 0.3 is 6.36 Å². The fraction of sp³-hybridized carbons (Fsp3) is 0.227. The average Bonchev–Trinajstić information content (AvgIpc) is 3.24. The lowest BCUT2D eigenvalue weighted by molar-refractivity contribution is -0.274. The first-order valence-corrected chi connectivity index (χ1v) is 11.8. The van der Waals surface area contributed by atoms with Crippen LogP contribution in [0.5, 0.6) is 5.75 Å². The van der Waals surface area contributed by atoms with Crippen molar-refractivity contribution in [3.63, 3.8) is 0 Å². The van der Waals surface area contributed by atoms with E-state index in [4.69, 9.17) is 0 Å². The molecular formula is C22H18F3N3O3S2. The average molecular weight is 494 g/mol. The number of aromatic nitrogens is 2. The Morgan fingerprint density at radius 1 is 1.15 bits per heavy atom. The summed E-state index contributed by atoms with van der Waals surface area (Å²) in [5.41, 5.74) is 1.90. The van der Waals surface area contributed by atoms with Crippen molar-refractivity contribution in [3.05, 3.63) is 76.2 Å². The van der Waals surface area contributed by atoms with Gasteiger partial charge in [-0.05, 0) is 29.8 Å². The molecule has 0 bridgehead atoms. The lowest BCUT2D eigenvalue weighted by atomic mass is 10.2. The third-order valence-corrected chi connectivity index (χ3v) is 6.72. The number of carbonyl (C=O) groups excluding carboxylic acids is 1. The van der Waals surface area contributed by atoms with Gasteiger partial charge in [0.2, 0.25) is 5.91 Å². The predicted molar refractivity (Wildman–Crippen MR) is 121 cm³/mol. The molecule has 0 aliphatic carbocycles. The summed E-state index contributed by atoms with van der Waals surface area (Å²) in [5.74, 6) is 0.0272. The number of thioether (sulfide) groups is 2. The zero-order valence-corrected chi connectivity index (χ0v) is 18.7. The zero-order chi connectivity index (χ0) is 23.4. The molecule has 1 aromatic heterocycles. The molecule has 0 saturated carbocycles. The van der Waals surface area contributed by atoms with Gasteiger partial charge < -0.3 is 10.1 Å². The first-order chi connectivity index (χ1) is 15.8. The summed E-state index contributed by atoms with van der Waals surface area (Å²) in [5, 5.41) is 3.08. The summed E-state index contributed by atoms with van der Waals surface area (Å²) in [6, 6.07) is 14.4. The van der Waals surface area contributed by atoms with Crippen molar-refractivity contribution in [2.75, 3.05) is 16.8 Å². The first-order valence-electron chi connectivity index (χ1n) is 9.87. The third kappa shape index (κ3) is 6.11. The largest absolute Gasteiger partial charge is 0.573 e. The minimum absolute atomic E-state index is 0.0199. The molecule has 0 radical (unpaired) electrons. The molecule has 6 nitrogen and oxygen atoms in total. The summed E-state index contributed by atoms with van der Waals surface area (Å²) in [4.78, 5) is 30.8. The lowest BCUT2D eigenvalue weighted by Gasteiger charge is -2.14. The van der Waals surface area contributed by atoms with Crippen LogP contribution in [0.1, 0.15) is 11.3 Å². The molecular weight excluding hydrogens is 475 g/mol. The molecule has 4 rings (SSSR count). The van der Waals surface area contributed by atoms with E-state index in [0.29, 0.717) is 28.7 Å². The third-order valence-electron chi connectivity index (χ3n) is 4.64. The van der Waals surface area contributed by atoms with Crippen molar-refractivity contribution in [1.82, 2.24) is 9.55 Å². The number of aryl methyl sites for hydroxylation is 1. The van der Waals surface area contributed by atoms with E-state index in [1.165, 1.54) is 23.9 Å². The van der Waals surface area contributed by atoms with Crippen molar-refractivity contribution in [1.29, 1.82) is 0 Å². The van der Waals surface area contributed by atoms with E-state index in [1.54, 1.807) is 4.57 Å². The number of carbonyl (C=O) groups is 1. The maximum atomic E-state index is 13.0. The van der Waals surface area contributed by atoms with Crippen LogP contribution < -0.4 is 15.6 Å². The number of hydrogen-bond acceptors (Lipinski definition) is 6. The summed E-state index contributed by atoms with van der Waals surface area (Å²) in [6.07, 6.45) is -4.08. The van der Waals surface area contributed by atoms with Crippen LogP contribution in [0, 0.1) is 0 Å². The number of halogens is 3. The quantitative estimate of drug-likeness (QED) is 0.384. The van der Waals surface area contributed by atoms with Gasteiger partial charge in [-0.3, -0.25) is 14.2 Å². The number of amides is 1. The van der Waals surface area contributed by atoms with E-state index < -0.39 is 6.36 Å². The van der Waals surface area contributed by atoms with Gasteiger partial charge in [-0.15, -0.1) is 24.9 Å². The topological polar surface area (TPSA) is 73.2 Å². The summed E-state index contributed by atoms with van der Waals surface area (Å²) < 4.78 is 42.2. The molecule has 1 aliphatic rings. The maximum Gasteiger partial charge on any atom is 0.573 e. The number of nitrogens with one attached hydrogen (secondary N) is 1. The van der Waals surface area contributed by atoms with Crippen LogP contribution >= 0.6 is 23.5 Å². The Labute approximate surface area is 195 Å². The Hall–Kier alpha value is -2.92. The van der Waals surface area contributed by atoms with E-state index in [2.05, 4.69) is 15.0 Å². The van der Waals surface area contributed by atoms with Crippen LogP contribution in [0.15, 0.2) is 69.4 Å². The van der Waals surface area contributed by atoms with Crippen LogP contribution in [-0.4, -0.2) is 33.3 Å². The first kappa shape index (κ1) is 23.2. The van der Waals surface area contributed by atoms with Gasteiger partial charge in [0.1, 0.15) is 5.75 Å². The van der Waals surface area contributed by atoms with E-state index >= 15 is 0 Å². The second-order valence-electron chi connectivity index (χ2n) is 7.05. The molecule has 1 amide bonds. The van der Waals surface area contributed by atoms with Crippen LogP contribution in [0.4, 0.5) is 18.9 Å². The van der Waals surface area contributed by atoms with Crippen molar-refractivity contribution < 1.29 is 22.7 Å². The molecule has 3 aromatic rings. The Morgan fingerprint density at radius 2 is 1.88 bits per heavy atom. The molecule has 0 atom stereocenters. The van der Waals surface area contributed by atoms with Crippen LogP contribution in [-0.2, 0) is 17.8 Å². The van der Waals surface area contributed by atoms with Gasteiger partial charge in [0.25, 0.3) is 5.56 Å². The van der Waals surface area contributed by atoms with Gasteiger partial charge in [0.05, 0.1) is 22.9 Å². The molecule has 0 spiro atoms. The van der Waals surface area contributed by atoms with E-state index in [-0.39, 0.29) is 23.0 Å². The number of rotatable bonds is 7. The molecule has 33 heavy (non-hydrogen) atoms.